The number of methoxy groups -OCH3 is 2. The molecule has 4 rings (SSSR count). The first-order valence-electron chi connectivity index (χ1n) is 10.5. The number of thioether (sulfide) groups is 1. The minimum atomic E-state index is -0.397. The molecule has 0 saturated heterocycles. The van der Waals surface area contributed by atoms with Crippen molar-refractivity contribution in [3.05, 3.63) is 59.8 Å². The van der Waals surface area contributed by atoms with Gasteiger partial charge in [0, 0.05) is 36.0 Å². The lowest BCUT2D eigenvalue weighted by atomic mass is 9.83. The fourth-order valence-corrected chi connectivity index (χ4v) is 4.91. The second kappa shape index (κ2) is 8.90. The average Bonchev–Trinajstić information content (AvgIpc) is 3.35. The smallest absolute Gasteiger partial charge is 0.214 e. The molecule has 0 fully saturated rings. The van der Waals surface area contributed by atoms with Gasteiger partial charge >= 0.3 is 0 Å². The Morgan fingerprint density at radius 2 is 1.88 bits per heavy atom. The van der Waals surface area contributed by atoms with Crippen LogP contribution in [0.3, 0.4) is 0 Å². The summed E-state index contributed by atoms with van der Waals surface area (Å²) < 4.78 is 12.4. The van der Waals surface area contributed by atoms with E-state index < -0.39 is 5.25 Å². The number of carbonyl (C=O) groups excluding carboxylic acids is 1. The number of para-hydroxylation sites is 1. The summed E-state index contributed by atoms with van der Waals surface area (Å²) >= 11 is 1.30. The summed E-state index contributed by atoms with van der Waals surface area (Å²) in [5.41, 5.74) is 3.67. The molecule has 0 bridgehead atoms. The molecule has 172 valence electrons. The summed E-state index contributed by atoms with van der Waals surface area (Å²) in [6.07, 6.45) is 1.75. The number of anilines is 1. The van der Waals surface area contributed by atoms with Crippen LogP contribution in [0.2, 0.25) is 0 Å². The quantitative estimate of drug-likeness (QED) is 0.382. The molecule has 0 spiro atoms. The van der Waals surface area contributed by atoms with E-state index in [0.29, 0.717) is 22.3 Å². The maximum atomic E-state index is 13.2. The molecule has 0 radical (unpaired) electrons. The highest BCUT2D eigenvalue weighted by Crippen LogP contribution is 2.46. The van der Waals surface area contributed by atoms with Gasteiger partial charge in [0.15, 0.2) is 5.78 Å². The molecule has 1 aliphatic heterocycles. The molecular formula is C24H27N5O3S. The van der Waals surface area contributed by atoms with E-state index in [2.05, 4.69) is 46.4 Å². The Hall–Kier alpha value is -3.33. The normalized spacial score (nSPS) is 16.5. The summed E-state index contributed by atoms with van der Waals surface area (Å²) in [5.74, 6) is 1.24. The number of hydrogen-bond donors (Lipinski definition) is 0. The highest BCUT2D eigenvalue weighted by Gasteiger charge is 2.39. The molecule has 2 aromatic carbocycles. The van der Waals surface area contributed by atoms with Gasteiger partial charge in [-0.3, -0.25) is 4.79 Å². The summed E-state index contributed by atoms with van der Waals surface area (Å²) in [4.78, 5) is 15.3. The molecule has 9 heteroatoms. The number of rotatable bonds is 7. The van der Waals surface area contributed by atoms with Crippen LogP contribution in [0.4, 0.5) is 5.69 Å². The van der Waals surface area contributed by atoms with E-state index in [9.17, 15) is 4.79 Å². The number of aromatic nitrogens is 4. The Kier molecular flexibility index (Phi) is 6.16. The third-order valence-corrected chi connectivity index (χ3v) is 7.01. The monoisotopic (exact) mass is 465 g/mol. The molecule has 0 saturated carbocycles. The van der Waals surface area contributed by atoms with Crippen molar-refractivity contribution in [3.63, 3.8) is 0 Å². The van der Waals surface area contributed by atoms with Crippen LogP contribution in [0, 0.1) is 0 Å². The number of carbonyl (C=O) groups is 1. The number of tetrazole rings is 1. The summed E-state index contributed by atoms with van der Waals surface area (Å²) in [6, 6.07) is 13.6. The maximum Gasteiger partial charge on any atom is 0.214 e. The van der Waals surface area contributed by atoms with Gasteiger partial charge in [-0.15, -0.1) is 5.10 Å². The molecule has 3 aromatic rings. The highest BCUT2D eigenvalue weighted by atomic mass is 32.2. The molecule has 0 N–H and O–H groups in total. The fraction of sp³-hybridized carbons (Fsp3) is 0.333. The predicted octanol–water partition coefficient (Wildman–Crippen LogP) is 4.04. The number of ether oxygens (including phenoxy) is 2. The van der Waals surface area contributed by atoms with E-state index in [4.69, 9.17) is 9.47 Å². The van der Waals surface area contributed by atoms with Crippen LogP contribution < -0.4 is 14.4 Å². The third kappa shape index (κ3) is 4.08. The molecule has 1 unspecified atom stereocenters. The van der Waals surface area contributed by atoms with Gasteiger partial charge in [-0.2, -0.15) is 4.68 Å². The number of hydrogen-bond acceptors (Lipinski definition) is 8. The van der Waals surface area contributed by atoms with E-state index in [1.54, 1.807) is 43.2 Å². The molecule has 0 amide bonds. The number of nitrogens with zero attached hydrogens (tertiary/aromatic N) is 5. The summed E-state index contributed by atoms with van der Waals surface area (Å²) in [7, 11) is 5.17. The van der Waals surface area contributed by atoms with Crippen LogP contribution in [0.25, 0.3) is 5.69 Å². The Labute approximate surface area is 197 Å². The third-order valence-electron chi connectivity index (χ3n) is 5.96. The number of benzene rings is 2. The van der Waals surface area contributed by atoms with Crippen molar-refractivity contribution in [2.24, 2.45) is 0 Å². The second-order valence-corrected chi connectivity index (χ2v) is 9.61. The first-order chi connectivity index (χ1) is 15.8. The van der Waals surface area contributed by atoms with Crippen molar-refractivity contribution in [2.75, 3.05) is 26.2 Å². The van der Waals surface area contributed by atoms with Crippen molar-refractivity contribution in [1.29, 1.82) is 0 Å². The van der Waals surface area contributed by atoms with Crippen molar-refractivity contribution in [2.45, 2.75) is 36.6 Å². The zero-order chi connectivity index (χ0) is 23.8. The zero-order valence-electron chi connectivity index (χ0n) is 19.6. The first kappa shape index (κ1) is 22.8. The molecule has 8 nitrogen and oxygen atoms in total. The van der Waals surface area contributed by atoms with Crippen LogP contribution in [-0.4, -0.2) is 52.5 Å². The lowest BCUT2D eigenvalue weighted by Gasteiger charge is -2.24. The summed E-state index contributed by atoms with van der Waals surface area (Å²) in [5, 5.41) is 12.2. The van der Waals surface area contributed by atoms with E-state index in [0.717, 1.165) is 11.4 Å². The van der Waals surface area contributed by atoms with Gasteiger partial charge < -0.3 is 14.4 Å². The van der Waals surface area contributed by atoms with Crippen molar-refractivity contribution >= 4 is 23.2 Å². The standard InChI is InChI=1S/C24H27N5O3S/c1-15(20(30)14-22-24(2,3)17-9-7-8-10-18(17)28(22)4)33-23-25-26-27-29(23)19-13-16(31-5)11-12-21(19)32-6/h7-15H,1-6H3/b22-14+. The molecular weight excluding hydrogens is 438 g/mol. The van der Waals surface area contributed by atoms with Gasteiger partial charge in [-0.25, -0.2) is 0 Å². The van der Waals surface area contributed by atoms with Crippen LogP contribution in [0.5, 0.6) is 11.5 Å². The number of fused-ring (bicyclic) bond motifs is 1. The molecule has 1 aliphatic rings. The van der Waals surface area contributed by atoms with Crippen LogP contribution in [0.15, 0.2) is 59.4 Å². The molecule has 1 aromatic heterocycles. The van der Waals surface area contributed by atoms with Gasteiger partial charge in [0.25, 0.3) is 0 Å². The SMILES string of the molecule is COc1ccc(OC)c(-n2nnnc2SC(C)C(=O)/C=C2/N(C)c3ccccc3C2(C)C)c1. The van der Waals surface area contributed by atoms with Gasteiger partial charge in [0.1, 0.15) is 17.2 Å². The fourth-order valence-electron chi connectivity index (χ4n) is 4.09. The Bertz CT molecular complexity index is 1220. The lowest BCUT2D eigenvalue weighted by molar-refractivity contribution is -0.114. The molecule has 1 atom stereocenters. The van der Waals surface area contributed by atoms with E-state index >= 15 is 0 Å². The number of likely N-dealkylation sites (N-methyl/N-ethyl adjacent to an activating group) is 1. The van der Waals surface area contributed by atoms with Crippen LogP contribution in [0.1, 0.15) is 26.3 Å². The zero-order valence-corrected chi connectivity index (χ0v) is 20.4. The topological polar surface area (TPSA) is 82.4 Å². The van der Waals surface area contributed by atoms with Crippen LogP contribution >= 0.6 is 11.8 Å². The average molecular weight is 466 g/mol. The Balaban J connectivity index is 1.60. The first-order valence-corrected chi connectivity index (χ1v) is 11.4. The van der Waals surface area contributed by atoms with Gasteiger partial charge in [-0.05, 0) is 41.1 Å². The van der Waals surface area contributed by atoms with Gasteiger partial charge in [0.2, 0.25) is 5.16 Å². The van der Waals surface area contributed by atoms with Crippen molar-refractivity contribution in [1.82, 2.24) is 20.2 Å². The van der Waals surface area contributed by atoms with Gasteiger partial charge in [0.05, 0.1) is 19.5 Å². The molecule has 33 heavy (non-hydrogen) atoms. The maximum absolute atomic E-state index is 13.2. The Morgan fingerprint density at radius 3 is 2.58 bits per heavy atom. The van der Waals surface area contributed by atoms with Gasteiger partial charge in [-0.1, -0.05) is 43.8 Å². The van der Waals surface area contributed by atoms with E-state index in [1.807, 2.05) is 26.1 Å². The minimum Gasteiger partial charge on any atom is -0.497 e. The number of allylic oxidation sites excluding steroid dienone is 2. The molecule has 2 heterocycles. The summed E-state index contributed by atoms with van der Waals surface area (Å²) in [6.45, 7) is 6.14. The highest BCUT2D eigenvalue weighted by molar-refractivity contribution is 8.00. The van der Waals surface area contributed by atoms with E-state index in [-0.39, 0.29) is 11.2 Å². The lowest BCUT2D eigenvalue weighted by Crippen LogP contribution is -2.25. The minimum absolute atomic E-state index is 0.00473. The van der Waals surface area contributed by atoms with E-state index in [1.165, 1.54) is 17.3 Å². The van der Waals surface area contributed by atoms with Crippen LogP contribution in [-0.2, 0) is 10.2 Å². The second-order valence-electron chi connectivity index (χ2n) is 8.30. The molecule has 0 aliphatic carbocycles. The largest absolute Gasteiger partial charge is 0.497 e. The Morgan fingerprint density at radius 1 is 1.12 bits per heavy atom. The van der Waals surface area contributed by atoms with Crippen molar-refractivity contribution < 1.29 is 14.3 Å². The predicted molar refractivity (Wildman–Crippen MR) is 129 cm³/mol. The number of ketones is 1. The van der Waals surface area contributed by atoms with Crippen molar-refractivity contribution in [3.8, 4) is 17.2 Å².